The molecule has 2 aromatic rings. The average molecular weight is 354 g/mol. The molecule has 0 fully saturated rings. The Morgan fingerprint density at radius 2 is 2.15 bits per heavy atom. The molecule has 0 saturated heterocycles. The number of carbonyl (C=O) groups excluding carboxylic acids is 1. The van der Waals surface area contributed by atoms with Crippen LogP contribution in [0.15, 0.2) is 22.7 Å². The van der Waals surface area contributed by atoms with E-state index < -0.39 is 0 Å². The number of nitrogen functional groups attached to an aromatic ring is 1. The fourth-order valence-corrected chi connectivity index (χ4v) is 3.65. The number of anilines is 1. The highest BCUT2D eigenvalue weighted by molar-refractivity contribution is 9.10. The highest BCUT2D eigenvalue weighted by Gasteiger charge is 2.21. The summed E-state index contributed by atoms with van der Waals surface area (Å²) in [7, 11) is 1.37. The number of halogens is 1. The van der Waals surface area contributed by atoms with E-state index in [4.69, 9.17) is 10.5 Å². The molecular weight excluding hydrogens is 338 g/mol. The smallest absolute Gasteiger partial charge is 0.350 e. The number of benzene rings is 1. The van der Waals surface area contributed by atoms with Gasteiger partial charge in [0.25, 0.3) is 0 Å². The lowest BCUT2D eigenvalue weighted by Crippen LogP contribution is -2.02. The third kappa shape index (κ3) is 2.60. The molecule has 2 rings (SSSR count). The zero-order valence-electron chi connectivity index (χ0n) is 11.6. The molecule has 0 radical (unpaired) electrons. The van der Waals surface area contributed by atoms with Crippen LogP contribution in [-0.4, -0.2) is 13.1 Å². The molecule has 20 heavy (non-hydrogen) atoms. The number of hydrogen-bond acceptors (Lipinski definition) is 4. The van der Waals surface area contributed by atoms with E-state index in [2.05, 4.69) is 22.0 Å². The lowest BCUT2D eigenvalue weighted by atomic mass is 10.0. The maximum Gasteiger partial charge on any atom is 0.350 e. The van der Waals surface area contributed by atoms with Gasteiger partial charge in [-0.1, -0.05) is 35.0 Å². The minimum atomic E-state index is -0.375. The molecule has 1 heterocycles. The monoisotopic (exact) mass is 353 g/mol. The second-order valence-corrected chi connectivity index (χ2v) is 6.34. The van der Waals surface area contributed by atoms with Gasteiger partial charge in [0.1, 0.15) is 4.88 Å². The molecule has 0 aliphatic heterocycles. The molecule has 1 aromatic heterocycles. The number of carbonyl (C=O) groups is 1. The third-order valence-electron chi connectivity index (χ3n) is 3.21. The van der Waals surface area contributed by atoms with Crippen LogP contribution in [0.25, 0.3) is 10.4 Å². The highest BCUT2D eigenvalue weighted by Crippen LogP contribution is 2.40. The van der Waals surface area contributed by atoms with Crippen LogP contribution < -0.4 is 5.73 Å². The van der Waals surface area contributed by atoms with Gasteiger partial charge in [-0.3, -0.25) is 0 Å². The number of thiophene rings is 1. The van der Waals surface area contributed by atoms with E-state index >= 15 is 0 Å². The zero-order chi connectivity index (χ0) is 14.9. The summed E-state index contributed by atoms with van der Waals surface area (Å²) in [5.74, 6) is -0.375. The molecule has 0 atom stereocenters. The molecule has 1 aromatic carbocycles. The molecule has 5 heteroatoms. The topological polar surface area (TPSA) is 52.3 Å². The summed E-state index contributed by atoms with van der Waals surface area (Å²) in [5, 5.41) is 0. The van der Waals surface area contributed by atoms with Crippen LogP contribution in [0.3, 0.4) is 0 Å². The summed E-state index contributed by atoms with van der Waals surface area (Å²) < 4.78 is 5.84. The standard InChI is InChI=1S/C15H16BrNO2S/c1-4-10-12(17)14(15(18)19-3)20-13(10)9-6-5-8(2)11(16)7-9/h5-7H,4,17H2,1-3H3. The molecule has 0 bridgehead atoms. The van der Waals surface area contributed by atoms with Crippen molar-refractivity contribution in [3.8, 4) is 10.4 Å². The van der Waals surface area contributed by atoms with Crippen LogP contribution in [0.5, 0.6) is 0 Å². The van der Waals surface area contributed by atoms with Crippen molar-refractivity contribution in [3.05, 3.63) is 38.7 Å². The van der Waals surface area contributed by atoms with E-state index in [0.29, 0.717) is 10.6 Å². The number of nitrogens with two attached hydrogens (primary N) is 1. The van der Waals surface area contributed by atoms with Crippen molar-refractivity contribution in [1.82, 2.24) is 0 Å². The molecule has 0 spiro atoms. The first kappa shape index (κ1) is 15.1. The van der Waals surface area contributed by atoms with Gasteiger partial charge in [-0.2, -0.15) is 0 Å². The van der Waals surface area contributed by atoms with Gasteiger partial charge in [0.2, 0.25) is 0 Å². The largest absolute Gasteiger partial charge is 0.465 e. The quantitative estimate of drug-likeness (QED) is 0.831. The Morgan fingerprint density at radius 3 is 2.70 bits per heavy atom. The number of methoxy groups -OCH3 is 1. The Bertz CT molecular complexity index is 664. The molecule has 0 aliphatic carbocycles. The molecule has 0 aliphatic rings. The average Bonchev–Trinajstić information content (AvgIpc) is 2.78. The second kappa shape index (κ2) is 5.97. The lowest BCUT2D eigenvalue weighted by Gasteiger charge is -2.05. The van der Waals surface area contributed by atoms with E-state index in [0.717, 1.165) is 26.9 Å². The summed E-state index contributed by atoms with van der Waals surface area (Å²) >= 11 is 4.93. The summed E-state index contributed by atoms with van der Waals surface area (Å²) in [6.07, 6.45) is 0.778. The van der Waals surface area contributed by atoms with Crippen LogP contribution in [0.1, 0.15) is 27.7 Å². The molecule has 0 amide bonds. The Morgan fingerprint density at radius 1 is 1.45 bits per heavy atom. The van der Waals surface area contributed by atoms with Crippen LogP contribution in [0.2, 0.25) is 0 Å². The van der Waals surface area contributed by atoms with E-state index in [9.17, 15) is 4.79 Å². The van der Waals surface area contributed by atoms with Crippen molar-refractivity contribution in [1.29, 1.82) is 0 Å². The van der Waals surface area contributed by atoms with Crippen LogP contribution in [0, 0.1) is 6.92 Å². The normalized spacial score (nSPS) is 10.6. The van der Waals surface area contributed by atoms with Gasteiger partial charge in [0, 0.05) is 9.35 Å². The Kier molecular flexibility index (Phi) is 4.50. The first-order valence-electron chi connectivity index (χ1n) is 6.25. The van der Waals surface area contributed by atoms with Crippen molar-refractivity contribution in [3.63, 3.8) is 0 Å². The minimum Gasteiger partial charge on any atom is -0.465 e. The van der Waals surface area contributed by atoms with Crippen molar-refractivity contribution in [2.75, 3.05) is 12.8 Å². The number of hydrogen-bond donors (Lipinski definition) is 1. The SMILES string of the molecule is CCc1c(-c2ccc(C)c(Br)c2)sc(C(=O)OC)c1N. The maximum absolute atomic E-state index is 11.8. The number of rotatable bonds is 3. The fraction of sp³-hybridized carbons (Fsp3) is 0.267. The van der Waals surface area contributed by atoms with Crippen LogP contribution >= 0.6 is 27.3 Å². The lowest BCUT2D eigenvalue weighted by molar-refractivity contribution is 0.0607. The number of ether oxygens (including phenoxy) is 1. The van der Waals surface area contributed by atoms with Gasteiger partial charge < -0.3 is 10.5 Å². The molecule has 0 unspecified atom stereocenters. The Balaban J connectivity index is 2.61. The second-order valence-electron chi connectivity index (χ2n) is 4.46. The summed E-state index contributed by atoms with van der Waals surface area (Å²) in [5.41, 5.74) is 9.87. The Labute approximate surface area is 130 Å². The van der Waals surface area contributed by atoms with Gasteiger partial charge >= 0.3 is 5.97 Å². The van der Waals surface area contributed by atoms with E-state index in [1.54, 1.807) is 0 Å². The Hall–Kier alpha value is -1.33. The molecule has 106 valence electrons. The van der Waals surface area contributed by atoms with Gasteiger partial charge in [-0.05, 0) is 36.1 Å². The van der Waals surface area contributed by atoms with Crippen molar-refractivity contribution in [2.45, 2.75) is 20.3 Å². The van der Waals surface area contributed by atoms with Crippen molar-refractivity contribution >= 4 is 38.9 Å². The number of aryl methyl sites for hydroxylation is 1. The van der Waals surface area contributed by atoms with Crippen LogP contribution in [-0.2, 0) is 11.2 Å². The summed E-state index contributed by atoms with van der Waals surface area (Å²) in [4.78, 5) is 13.3. The third-order valence-corrected chi connectivity index (χ3v) is 5.34. The van der Waals surface area contributed by atoms with Gasteiger partial charge in [0.15, 0.2) is 0 Å². The molecule has 0 saturated carbocycles. The molecule has 3 nitrogen and oxygen atoms in total. The van der Waals surface area contributed by atoms with E-state index in [-0.39, 0.29) is 5.97 Å². The first-order chi connectivity index (χ1) is 9.49. The summed E-state index contributed by atoms with van der Waals surface area (Å²) in [6.45, 7) is 4.07. The molecule has 2 N–H and O–H groups in total. The minimum absolute atomic E-state index is 0.375. The van der Waals surface area contributed by atoms with E-state index in [1.807, 2.05) is 26.0 Å². The van der Waals surface area contributed by atoms with Gasteiger partial charge in [-0.15, -0.1) is 11.3 Å². The van der Waals surface area contributed by atoms with Crippen molar-refractivity contribution in [2.24, 2.45) is 0 Å². The maximum atomic E-state index is 11.8. The van der Waals surface area contributed by atoms with E-state index in [1.165, 1.54) is 24.0 Å². The van der Waals surface area contributed by atoms with Gasteiger partial charge in [0.05, 0.1) is 12.8 Å². The summed E-state index contributed by atoms with van der Waals surface area (Å²) in [6, 6.07) is 6.15. The number of esters is 1. The van der Waals surface area contributed by atoms with Crippen LogP contribution in [0.4, 0.5) is 5.69 Å². The predicted octanol–water partition coefficient (Wildman–Crippen LogP) is 4.42. The van der Waals surface area contributed by atoms with Gasteiger partial charge in [-0.25, -0.2) is 4.79 Å². The zero-order valence-corrected chi connectivity index (χ0v) is 14.0. The highest BCUT2D eigenvalue weighted by atomic mass is 79.9. The predicted molar refractivity (Wildman–Crippen MR) is 87.3 cm³/mol. The fourth-order valence-electron chi connectivity index (χ4n) is 2.04. The molecular formula is C15H16BrNO2S. The first-order valence-corrected chi connectivity index (χ1v) is 7.86. The van der Waals surface area contributed by atoms with Crippen molar-refractivity contribution < 1.29 is 9.53 Å².